The maximum atomic E-state index is 12.0. The highest BCUT2D eigenvalue weighted by atomic mass is 16.5. The Morgan fingerprint density at radius 2 is 1.84 bits per heavy atom. The van der Waals surface area contributed by atoms with Crippen molar-refractivity contribution in [3.05, 3.63) is 29.3 Å². The summed E-state index contributed by atoms with van der Waals surface area (Å²) in [4.78, 5) is 12.0. The van der Waals surface area contributed by atoms with Gasteiger partial charge in [0.05, 0.1) is 6.61 Å². The highest BCUT2D eigenvalue weighted by Gasteiger charge is 2.20. The Kier molecular flexibility index (Phi) is 5.59. The van der Waals surface area contributed by atoms with Crippen molar-refractivity contribution in [2.45, 2.75) is 59.3 Å². The van der Waals surface area contributed by atoms with Gasteiger partial charge in [-0.1, -0.05) is 34.6 Å². The van der Waals surface area contributed by atoms with Gasteiger partial charge in [0.2, 0.25) is 0 Å². The molecule has 0 aliphatic carbocycles. The summed E-state index contributed by atoms with van der Waals surface area (Å²) >= 11 is 0. The molecule has 0 bridgehead atoms. The minimum absolute atomic E-state index is 0.0222. The van der Waals surface area contributed by atoms with Crippen LogP contribution in [-0.2, 0) is 5.41 Å². The third-order valence-electron chi connectivity index (χ3n) is 3.05. The van der Waals surface area contributed by atoms with E-state index in [2.05, 4.69) is 27.7 Å². The van der Waals surface area contributed by atoms with Gasteiger partial charge in [-0.25, -0.2) is 0 Å². The normalized spacial score (nSPS) is 11.4. The molecule has 0 amide bonds. The molecule has 0 radical (unpaired) electrons. The second-order valence-electron chi connectivity index (χ2n) is 5.98. The lowest BCUT2D eigenvalue weighted by molar-refractivity contribution is 0.0981. The summed E-state index contributed by atoms with van der Waals surface area (Å²) in [5.74, 6) is 1.12. The Morgan fingerprint density at radius 1 is 1.16 bits per heavy atom. The predicted octanol–water partition coefficient (Wildman–Crippen LogP) is 4.76. The zero-order chi connectivity index (χ0) is 14.5. The van der Waals surface area contributed by atoms with E-state index in [0.717, 1.165) is 29.7 Å². The molecule has 0 N–H and O–H groups in total. The lowest BCUT2D eigenvalue weighted by atomic mass is 9.84. The highest BCUT2D eigenvalue weighted by Crippen LogP contribution is 2.32. The zero-order valence-corrected chi connectivity index (χ0v) is 12.9. The number of Topliss-reactive ketones (excluding diaryl/α,β-unsaturated/α-hetero) is 1. The van der Waals surface area contributed by atoms with Gasteiger partial charge in [0, 0.05) is 17.5 Å². The molecule has 0 atom stereocenters. The summed E-state index contributed by atoms with van der Waals surface area (Å²) in [6.07, 6.45) is 2.48. The number of benzene rings is 1. The van der Waals surface area contributed by atoms with Crippen LogP contribution >= 0.6 is 0 Å². The molecule has 0 aromatic heterocycles. The van der Waals surface area contributed by atoms with Gasteiger partial charge in [-0.3, -0.25) is 4.79 Å². The van der Waals surface area contributed by atoms with E-state index in [1.54, 1.807) is 0 Å². The molecular formula is C17H26O2. The largest absolute Gasteiger partial charge is 0.493 e. The molecule has 0 aliphatic heterocycles. The number of rotatable bonds is 6. The summed E-state index contributed by atoms with van der Waals surface area (Å²) in [7, 11) is 0. The minimum atomic E-state index is -0.0222. The first-order valence-corrected chi connectivity index (χ1v) is 7.20. The van der Waals surface area contributed by atoms with Crippen LogP contribution in [0.3, 0.4) is 0 Å². The maximum absolute atomic E-state index is 12.0. The van der Waals surface area contributed by atoms with Crippen LogP contribution in [0.15, 0.2) is 18.2 Å². The molecule has 106 valence electrons. The predicted molar refractivity (Wildman–Crippen MR) is 80.2 cm³/mol. The van der Waals surface area contributed by atoms with Gasteiger partial charge < -0.3 is 4.74 Å². The number of carbonyl (C=O) groups is 1. The fraction of sp³-hybridized carbons (Fsp3) is 0.588. The fourth-order valence-electron chi connectivity index (χ4n) is 2.00. The summed E-state index contributed by atoms with van der Waals surface area (Å²) in [6.45, 7) is 11.3. The average Bonchev–Trinajstić information content (AvgIpc) is 2.35. The van der Waals surface area contributed by atoms with Crippen molar-refractivity contribution in [2.24, 2.45) is 0 Å². The van der Waals surface area contributed by atoms with Crippen molar-refractivity contribution in [3.8, 4) is 5.75 Å². The van der Waals surface area contributed by atoms with Crippen LogP contribution in [0.5, 0.6) is 5.75 Å². The molecule has 0 saturated carbocycles. The maximum Gasteiger partial charge on any atom is 0.162 e. The van der Waals surface area contributed by atoms with Crippen LogP contribution in [0, 0.1) is 0 Å². The van der Waals surface area contributed by atoms with E-state index in [0.29, 0.717) is 13.0 Å². The standard InChI is InChI=1S/C17H26O2/c1-6-8-15(18)13-9-10-16(19-11-7-2)14(12-13)17(3,4)5/h9-10,12H,6-8,11H2,1-5H3. The lowest BCUT2D eigenvalue weighted by Gasteiger charge is -2.23. The summed E-state index contributed by atoms with van der Waals surface area (Å²) < 4.78 is 5.80. The van der Waals surface area contributed by atoms with E-state index >= 15 is 0 Å². The van der Waals surface area contributed by atoms with Gasteiger partial charge in [0.15, 0.2) is 5.78 Å². The summed E-state index contributed by atoms with van der Waals surface area (Å²) in [5, 5.41) is 0. The number of ether oxygens (including phenoxy) is 1. The van der Waals surface area contributed by atoms with Crippen LogP contribution in [0.4, 0.5) is 0 Å². The molecule has 1 aromatic carbocycles. The molecule has 2 heteroatoms. The second-order valence-corrected chi connectivity index (χ2v) is 5.98. The Hall–Kier alpha value is -1.31. The van der Waals surface area contributed by atoms with E-state index in [-0.39, 0.29) is 11.2 Å². The lowest BCUT2D eigenvalue weighted by Crippen LogP contribution is -2.15. The molecule has 0 fully saturated rings. The van der Waals surface area contributed by atoms with Crippen molar-refractivity contribution in [1.29, 1.82) is 0 Å². The third-order valence-corrected chi connectivity index (χ3v) is 3.05. The van der Waals surface area contributed by atoms with Gasteiger partial charge in [-0.05, 0) is 36.5 Å². The second kappa shape index (κ2) is 6.74. The minimum Gasteiger partial charge on any atom is -0.493 e. The van der Waals surface area contributed by atoms with E-state index in [9.17, 15) is 4.79 Å². The first kappa shape index (κ1) is 15.7. The van der Waals surface area contributed by atoms with Gasteiger partial charge in [0.25, 0.3) is 0 Å². The van der Waals surface area contributed by atoms with E-state index < -0.39 is 0 Å². The molecule has 0 spiro atoms. The molecule has 2 nitrogen and oxygen atoms in total. The Bertz CT molecular complexity index is 427. The van der Waals surface area contributed by atoms with Gasteiger partial charge in [-0.15, -0.1) is 0 Å². The van der Waals surface area contributed by atoms with E-state index in [1.165, 1.54) is 0 Å². The van der Waals surface area contributed by atoms with E-state index in [1.807, 2.05) is 25.1 Å². The number of hydrogen-bond acceptors (Lipinski definition) is 2. The van der Waals surface area contributed by atoms with Crippen molar-refractivity contribution < 1.29 is 9.53 Å². The smallest absolute Gasteiger partial charge is 0.162 e. The molecular weight excluding hydrogens is 236 g/mol. The van der Waals surface area contributed by atoms with Crippen molar-refractivity contribution in [1.82, 2.24) is 0 Å². The van der Waals surface area contributed by atoms with Crippen molar-refractivity contribution in [3.63, 3.8) is 0 Å². The van der Waals surface area contributed by atoms with Gasteiger partial charge in [-0.2, -0.15) is 0 Å². The molecule has 0 saturated heterocycles. The summed E-state index contributed by atoms with van der Waals surface area (Å²) in [6, 6.07) is 5.83. The Labute approximate surface area is 117 Å². The topological polar surface area (TPSA) is 26.3 Å². The van der Waals surface area contributed by atoms with Gasteiger partial charge in [0.1, 0.15) is 5.75 Å². The van der Waals surface area contributed by atoms with Crippen LogP contribution in [0.25, 0.3) is 0 Å². The molecule has 0 aliphatic rings. The average molecular weight is 262 g/mol. The van der Waals surface area contributed by atoms with Crippen LogP contribution in [-0.4, -0.2) is 12.4 Å². The Balaban J connectivity index is 3.12. The molecule has 0 unspecified atom stereocenters. The van der Waals surface area contributed by atoms with E-state index in [4.69, 9.17) is 4.74 Å². The van der Waals surface area contributed by atoms with Crippen molar-refractivity contribution >= 4 is 5.78 Å². The monoisotopic (exact) mass is 262 g/mol. The quantitative estimate of drug-likeness (QED) is 0.691. The molecule has 1 rings (SSSR count). The SMILES string of the molecule is CCCOc1ccc(C(=O)CCC)cc1C(C)(C)C. The number of hydrogen-bond donors (Lipinski definition) is 0. The number of ketones is 1. The molecule has 19 heavy (non-hydrogen) atoms. The summed E-state index contributed by atoms with van der Waals surface area (Å²) in [5.41, 5.74) is 1.89. The van der Waals surface area contributed by atoms with Crippen LogP contribution in [0.1, 0.15) is 69.8 Å². The Morgan fingerprint density at radius 3 is 2.37 bits per heavy atom. The first-order chi connectivity index (χ1) is 8.90. The molecule has 0 heterocycles. The molecule has 1 aromatic rings. The van der Waals surface area contributed by atoms with Crippen LogP contribution < -0.4 is 4.74 Å². The first-order valence-electron chi connectivity index (χ1n) is 7.20. The fourth-order valence-corrected chi connectivity index (χ4v) is 2.00. The van der Waals surface area contributed by atoms with Crippen LogP contribution in [0.2, 0.25) is 0 Å². The third kappa shape index (κ3) is 4.38. The number of carbonyl (C=O) groups excluding carboxylic acids is 1. The zero-order valence-electron chi connectivity index (χ0n) is 12.9. The van der Waals surface area contributed by atoms with Crippen molar-refractivity contribution in [2.75, 3.05) is 6.61 Å². The highest BCUT2D eigenvalue weighted by molar-refractivity contribution is 5.96. The van der Waals surface area contributed by atoms with Gasteiger partial charge >= 0.3 is 0 Å².